The highest BCUT2D eigenvalue weighted by Gasteiger charge is 2.46. The third-order valence-corrected chi connectivity index (χ3v) is 10.4. The summed E-state index contributed by atoms with van der Waals surface area (Å²) in [6.45, 7) is 3.53. The van der Waals surface area contributed by atoms with Gasteiger partial charge in [-0.05, 0) is 51.4 Å². The summed E-state index contributed by atoms with van der Waals surface area (Å²) in [6.07, 6.45) is 35.4. The van der Waals surface area contributed by atoms with E-state index < -0.39 is 71.2 Å². The maximum Gasteiger partial charge on any atom is 0.306 e. The van der Waals surface area contributed by atoms with Crippen LogP contribution < -0.4 is 0 Å². The quantitative estimate of drug-likeness (QED) is 0.0156. The summed E-state index contributed by atoms with van der Waals surface area (Å²) in [7, 11) is -4.61. The molecule has 0 aromatic heterocycles. The number of aliphatic hydroxyl groups excluding tert-OH is 3. The van der Waals surface area contributed by atoms with Crippen molar-refractivity contribution in [3.63, 3.8) is 0 Å². The molecule has 0 spiro atoms. The Kier molecular flexibility index (Phi) is 32.8. The van der Waals surface area contributed by atoms with Gasteiger partial charge in [0, 0.05) is 12.8 Å². The van der Waals surface area contributed by atoms with Gasteiger partial charge in [-0.25, -0.2) is 0 Å². The molecule has 0 bridgehead atoms. The zero-order valence-corrected chi connectivity index (χ0v) is 36.6. The molecule has 0 aromatic rings. The average Bonchev–Trinajstić information content (AvgIpc) is 3.20. The van der Waals surface area contributed by atoms with Crippen LogP contribution in [-0.4, -0.2) is 96.0 Å². The molecular weight excluding hydrogens is 777 g/mol. The molecule has 1 rings (SSSR count). The van der Waals surface area contributed by atoms with Gasteiger partial charge in [-0.3, -0.25) is 14.1 Å². The van der Waals surface area contributed by atoms with Gasteiger partial charge in [0.1, 0.15) is 36.8 Å². The maximum absolute atomic E-state index is 12.7. The Morgan fingerprint density at radius 3 is 1.68 bits per heavy atom. The fraction of sp³-hybridized carbons (Fsp3) is 0.696. The number of carbonyl (C=O) groups is 2. The standard InChI is InChI=1S/C46H76O12S/c1-3-5-7-9-11-13-15-17-18-19-20-21-23-24-26-28-30-32-34-41(47)55-36-39(37-56-46-45(51)44(50)43(49)40(58-46)38-59(52,53)54)57-42(48)35-33-31-29-27-25-22-16-14-12-10-8-6-4-2/h6,8,10,12,14,16,20-22,25,27,29,39-40,43-46,49-51H,3-5,7,9,11,13,15,17-19,23-24,26,28,30-38H2,1-2H3,(H,52,53,54)/b8-6+,12-10+,16-14+,21-20+,25-22+,29-27+/t39?,40-,43-,44?,45?,46+/m1/s1. The summed E-state index contributed by atoms with van der Waals surface area (Å²) >= 11 is 0. The van der Waals surface area contributed by atoms with E-state index in [2.05, 4.69) is 32.1 Å². The van der Waals surface area contributed by atoms with Gasteiger partial charge in [-0.2, -0.15) is 8.42 Å². The summed E-state index contributed by atoms with van der Waals surface area (Å²) in [5.74, 6) is -2.10. The smallest absolute Gasteiger partial charge is 0.306 e. The van der Waals surface area contributed by atoms with Gasteiger partial charge >= 0.3 is 11.9 Å². The lowest BCUT2D eigenvalue weighted by atomic mass is 10.00. The number of allylic oxidation sites excluding steroid dienone is 12. The molecule has 1 heterocycles. The largest absolute Gasteiger partial charge is 0.462 e. The number of hydrogen-bond acceptors (Lipinski definition) is 11. The second kappa shape index (κ2) is 35.8. The minimum Gasteiger partial charge on any atom is -0.462 e. The third kappa shape index (κ3) is 30.7. The molecule has 1 saturated heterocycles. The Morgan fingerprint density at radius 2 is 1.10 bits per heavy atom. The van der Waals surface area contributed by atoms with E-state index in [1.807, 2.05) is 54.7 Å². The monoisotopic (exact) mass is 853 g/mol. The summed E-state index contributed by atoms with van der Waals surface area (Å²) < 4.78 is 53.9. The van der Waals surface area contributed by atoms with Gasteiger partial charge in [-0.1, -0.05) is 157 Å². The number of ether oxygens (including phenoxy) is 4. The van der Waals surface area contributed by atoms with Gasteiger partial charge in [0.25, 0.3) is 10.1 Å². The highest BCUT2D eigenvalue weighted by Crippen LogP contribution is 2.24. The molecule has 4 N–H and O–H groups in total. The third-order valence-electron chi connectivity index (χ3n) is 9.65. The predicted molar refractivity (Wildman–Crippen MR) is 233 cm³/mol. The van der Waals surface area contributed by atoms with Crippen molar-refractivity contribution in [3.8, 4) is 0 Å². The topological polar surface area (TPSA) is 186 Å². The Labute approximate surface area is 355 Å². The second-order valence-electron chi connectivity index (χ2n) is 15.1. The first-order valence-corrected chi connectivity index (χ1v) is 23.7. The van der Waals surface area contributed by atoms with Crippen molar-refractivity contribution in [2.24, 2.45) is 0 Å². The van der Waals surface area contributed by atoms with Crippen LogP contribution in [0.1, 0.15) is 149 Å². The molecule has 12 nitrogen and oxygen atoms in total. The number of rotatable bonds is 35. The van der Waals surface area contributed by atoms with Gasteiger partial charge < -0.3 is 34.3 Å². The molecule has 1 fully saturated rings. The molecule has 0 aliphatic carbocycles. The fourth-order valence-corrected chi connectivity index (χ4v) is 6.92. The molecule has 3 unspecified atom stereocenters. The molecule has 59 heavy (non-hydrogen) atoms. The zero-order valence-electron chi connectivity index (χ0n) is 35.8. The number of hydrogen-bond donors (Lipinski definition) is 4. The summed E-state index contributed by atoms with van der Waals surface area (Å²) in [6, 6.07) is 0. The van der Waals surface area contributed by atoms with E-state index in [1.54, 1.807) is 0 Å². The lowest BCUT2D eigenvalue weighted by Crippen LogP contribution is -2.60. The Bertz CT molecular complexity index is 1370. The second-order valence-corrected chi connectivity index (χ2v) is 16.6. The van der Waals surface area contributed by atoms with E-state index in [1.165, 1.54) is 57.8 Å². The number of carbonyl (C=O) groups excluding carboxylic acids is 2. The van der Waals surface area contributed by atoms with E-state index in [0.717, 1.165) is 44.9 Å². The first-order valence-electron chi connectivity index (χ1n) is 22.1. The van der Waals surface area contributed by atoms with Crippen LogP contribution in [-0.2, 0) is 38.7 Å². The molecular formula is C46H76O12S. The maximum atomic E-state index is 12.7. The number of aliphatic hydroxyl groups is 3. The van der Waals surface area contributed by atoms with Crippen molar-refractivity contribution in [2.45, 2.75) is 185 Å². The SMILES string of the molecule is CC/C=C/C=C/C=C/C=C/C=C/CCCC(=O)OC(COC(=O)CCCCCCC/C=C/CCCCCCCCCCC)CO[C@H]1O[C@H](CS(=O)(=O)O)[C@@H](O)C(O)C1O. The highest BCUT2D eigenvalue weighted by atomic mass is 32.2. The van der Waals surface area contributed by atoms with Crippen LogP contribution in [0.4, 0.5) is 0 Å². The van der Waals surface area contributed by atoms with Crippen LogP contribution >= 0.6 is 0 Å². The minimum atomic E-state index is -4.61. The van der Waals surface area contributed by atoms with Crippen LogP contribution in [0, 0.1) is 0 Å². The van der Waals surface area contributed by atoms with E-state index in [-0.39, 0.29) is 19.4 Å². The van der Waals surface area contributed by atoms with Crippen molar-refractivity contribution in [1.82, 2.24) is 0 Å². The van der Waals surface area contributed by atoms with Crippen molar-refractivity contribution >= 4 is 22.1 Å². The van der Waals surface area contributed by atoms with E-state index in [0.29, 0.717) is 19.3 Å². The summed E-state index contributed by atoms with van der Waals surface area (Å²) in [4.78, 5) is 25.3. The molecule has 1 aliphatic rings. The predicted octanol–water partition coefficient (Wildman–Crippen LogP) is 8.72. The first kappa shape index (κ1) is 54.1. The normalized spacial score (nSPS) is 20.9. The molecule has 6 atom stereocenters. The molecule has 338 valence electrons. The molecule has 1 aliphatic heterocycles. The van der Waals surface area contributed by atoms with Gasteiger partial charge in [0.15, 0.2) is 12.4 Å². The van der Waals surface area contributed by atoms with Crippen molar-refractivity contribution in [1.29, 1.82) is 0 Å². The molecule has 0 amide bonds. The van der Waals surface area contributed by atoms with Crippen molar-refractivity contribution < 1.29 is 56.8 Å². The molecule has 0 saturated carbocycles. The minimum absolute atomic E-state index is 0.0630. The van der Waals surface area contributed by atoms with Crippen molar-refractivity contribution in [2.75, 3.05) is 19.0 Å². The van der Waals surface area contributed by atoms with E-state index in [9.17, 15) is 37.9 Å². The Hall–Kier alpha value is -2.91. The van der Waals surface area contributed by atoms with Crippen LogP contribution in [0.5, 0.6) is 0 Å². The Morgan fingerprint density at radius 1 is 0.593 bits per heavy atom. The van der Waals surface area contributed by atoms with E-state index in [4.69, 9.17) is 18.9 Å². The number of unbranched alkanes of at least 4 members (excludes halogenated alkanes) is 15. The number of esters is 2. The molecule has 0 radical (unpaired) electrons. The molecule has 13 heteroatoms. The highest BCUT2D eigenvalue weighted by molar-refractivity contribution is 7.85. The Balaban J connectivity index is 2.49. The summed E-state index contributed by atoms with van der Waals surface area (Å²) in [5.41, 5.74) is 0. The van der Waals surface area contributed by atoms with Crippen LogP contribution in [0.3, 0.4) is 0 Å². The summed E-state index contributed by atoms with van der Waals surface area (Å²) in [5, 5.41) is 30.8. The first-order chi connectivity index (χ1) is 28.5. The van der Waals surface area contributed by atoms with E-state index >= 15 is 0 Å². The van der Waals surface area contributed by atoms with Crippen LogP contribution in [0.2, 0.25) is 0 Å². The fourth-order valence-electron chi connectivity index (χ4n) is 6.23. The lowest BCUT2D eigenvalue weighted by Gasteiger charge is -2.40. The van der Waals surface area contributed by atoms with Gasteiger partial charge in [-0.15, -0.1) is 0 Å². The van der Waals surface area contributed by atoms with Crippen LogP contribution in [0.15, 0.2) is 72.9 Å². The van der Waals surface area contributed by atoms with Gasteiger partial charge in [0.05, 0.1) is 6.61 Å². The molecule has 0 aromatic carbocycles. The zero-order chi connectivity index (χ0) is 43.4. The van der Waals surface area contributed by atoms with Gasteiger partial charge in [0.2, 0.25) is 0 Å². The average molecular weight is 853 g/mol. The lowest BCUT2D eigenvalue weighted by molar-refractivity contribution is -0.297. The van der Waals surface area contributed by atoms with Crippen LogP contribution in [0.25, 0.3) is 0 Å². The van der Waals surface area contributed by atoms with Crippen molar-refractivity contribution in [3.05, 3.63) is 72.9 Å².